The van der Waals surface area contributed by atoms with Gasteiger partial charge in [-0.2, -0.15) is 0 Å². The number of ether oxygens (including phenoxy) is 3. The summed E-state index contributed by atoms with van der Waals surface area (Å²) in [6.07, 6.45) is 2.92. The van der Waals surface area contributed by atoms with Crippen LogP contribution in [0.5, 0.6) is 5.75 Å². The number of carbonyl (C=O) groups excluding carboxylic acids is 1. The van der Waals surface area contributed by atoms with Crippen LogP contribution in [0.25, 0.3) is 0 Å². The number of pyridine rings is 1. The largest absolute Gasteiger partial charge is 0.493 e. The minimum atomic E-state index is -0.717. The molecule has 1 heterocycles. The summed E-state index contributed by atoms with van der Waals surface area (Å²) in [5, 5.41) is 0. The topological polar surface area (TPSA) is 57.7 Å². The van der Waals surface area contributed by atoms with Crippen LogP contribution in [0, 0.1) is 0 Å². The maximum absolute atomic E-state index is 11.6. The second kappa shape index (κ2) is 9.03. The number of hydrogen-bond acceptors (Lipinski definition) is 5. The van der Waals surface area contributed by atoms with E-state index in [0.717, 1.165) is 29.8 Å². The normalized spacial score (nSPS) is 11.8. The number of methoxy groups -OCH3 is 2. The first kappa shape index (κ1) is 17.9. The predicted octanol–water partition coefficient (Wildman–Crippen LogP) is 3.13. The standard InChI is InChI=1S/C19H23NO4/c1-4-14-5-8-16(20-13-14)11-12-24-17-9-6-15(7-10-17)18(22-2)19(21)23-3/h5-10,13,18H,4,11-12H2,1-3H3. The van der Waals surface area contributed by atoms with Crippen molar-refractivity contribution in [2.45, 2.75) is 25.9 Å². The van der Waals surface area contributed by atoms with E-state index >= 15 is 0 Å². The molecule has 128 valence electrons. The smallest absolute Gasteiger partial charge is 0.339 e. The SMILES string of the molecule is CCc1ccc(CCOc2ccc(C(OC)C(=O)OC)cc2)nc1. The van der Waals surface area contributed by atoms with Gasteiger partial charge in [-0.3, -0.25) is 4.98 Å². The van der Waals surface area contributed by atoms with E-state index in [0.29, 0.717) is 6.61 Å². The van der Waals surface area contributed by atoms with Crippen LogP contribution < -0.4 is 4.74 Å². The first-order valence-corrected chi connectivity index (χ1v) is 7.95. The highest BCUT2D eigenvalue weighted by atomic mass is 16.6. The van der Waals surface area contributed by atoms with Gasteiger partial charge in [-0.15, -0.1) is 0 Å². The van der Waals surface area contributed by atoms with E-state index in [4.69, 9.17) is 14.2 Å². The molecule has 0 spiro atoms. The molecule has 1 aromatic heterocycles. The molecule has 0 N–H and O–H groups in total. The molecule has 1 unspecified atom stereocenters. The minimum absolute atomic E-state index is 0.423. The maximum atomic E-state index is 11.6. The molecule has 0 saturated carbocycles. The second-order valence-corrected chi connectivity index (χ2v) is 5.32. The van der Waals surface area contributed by atoms with Gasteiger partial charge in [-0.25, -0.2) is 4.79 Å². The quantitative estimate of drug-likeness (QED) is 0.697. The van der Waals surface area contributed by atoms with Crippen LogP contribution >= 0.6 is 0 Å². The van der Waals surface area contributed by atoms with Gasteiger partial charge in [0.15, 0.2) is 6.10 Å². The zero-order chi connectivity index (χ0) is 17.4. The Kier molecular flexibility index (Phi) is 6.75. The maximum Gasteiger partial charge on any atom is 0.339 e. The molecule has 0 aliphatic rings. The van der Waals surface area contributed by atoms with Crippen LogP contribution in [-0.2, 0) is 27.1 Å². The molecule has 1 atom stereocenters. The summed E-state index contributed by atoms with van der Waals surface area (Å²) in [4.78, 5) is 16.0. The third-order valence-corrected chi connectivity index (χ3v) is 3.75. The van der Waals surface area contributed by atoms with E-state index in [1.165, 1.54) is 19.8 Å². The summed E-state index contributed by atoms with van der Waals surface area (Å²) in [7, 11) is 2.82. The Morgan fingerprint density at radius 2 is 1.88 bits per heavy atom. The summed E-state index contributed by atoms with van der Waals surface area (Å²) in [6, 6.07) is 11.4. The van der Waals surface area contributed by atoms with Crippen molar-refractivity contribution in [2.75, 3.05) is 20.8 Å². The number of benzene rings is 1. The summed E-state index contributed by atoms with van der Waals surface area (Å²) in [5.41, 5.74) is 2.97. The van der Waals surface area contributed by atoms with Gasteiger partial charge in [0.25, 0.3) is 0 Å². The number of aryl methyl sites for hydroxylation is 1. The van der Waals surface area contributed by atoms with E-state index < -0.39 is 12.1 Å². The molecule has 0 aliphatic heterocycles. The highest BCUT2D eigenvalue weighted by Crippen LogP contribution is 2.21. The van der Waals surface area contributed by atoms with Crippen molar-refractivity contribution in [1.29, 1.82) is 0 Å². The molecule has 2 rings (SSSR count). The Balaban J connectivity index is 1.88. The first-order valence-electron chi connectivity index (χ1n) is 7.95. The Labute approximate surface area is 142 Å². The van der Waals surface area contributed by atoms with Crippen LogP contribution in [0.3, 0.4) is 0 Å². The Bertz CT molecular complexity index is 637. The molecule has 0 radical (unpaired) electrons. The van der Waals surface area contributed by atoms with Gasteiger partial charge in [0.1, 0.15) is 5.75 Å². The molecular formula is C19H23NO4. The first-order chi connectivity index (χ1) is 11.7. The number of carbonyl (C=O) groups is 1. The minimum Gasteiger partial charge on any atom is -0.493 e. The molecule has 5 heteroatoms. The van der Waals surface area contributed by atoms with Gasteiger partial charge in [0.2, 0.25) is 0 Å². The molecule has 24 heavy (non-hydrogen) atoms. The van der Waals surface area contributed by atoms with Crippen molar-refractivity contribution in [2.24, 2.45) is 0 Å². The van der Waals surface area contributed by atoms with Crippen LogP contribution in [-0.4, -0.2) is 31.8 Å². The van der Waals surface area contributed by atoms with E-state index in [-0.39, 0.29) is 0 Å². The van der Waals surface area contributed by atoms with Gasteiger partial charge in [0.05, 0.1) is 13.7 Å². The van der Waals surface area contributed by atoms with E-state index in [2.05, 4.69) is 18.0 Å². The molecular weight excluding hydrogens is 306 g/mol. The zero-order valence-electron chi connectivity index (χ0n) is 14.3. The zero-order valence-corrected chi connectivity index (χ0v) is 14.3. The molecule has 0 fully saturated rings. The fourth-order valence-electron chi connectivity index (χ4n) is 2.30. The molecule has 2 aromatic rings. The van der Waals surface area contributed by atoms with Crippen LogP contribution in [0.2, 0.25) is 0 Å². The van der Waals surface area contributed by atoms with Crippen LogP contribution in [0.15, 0.2) is 42.6 Å². The number of hydrogen-bond donors (Lipinski definition) is 0. The van der Waals surface area contributed by atoms with Crippen molar-refractivity contribution >= 4 is 5.97 Å². The molecule has 0 amide bonds. The fourth-order valence-corrected chi connectivity index (χ4v) is 2.30. The third-order valence-electron chi connectivity index (χ3n) is 3.75. The molecule has 0 bridgehead atoms. The van der Waals surface area contributed by atoms with E-state index in [1.54, 1.807) is 12.1 Å². The van der Waals surface area contributed by atoms with Gasteiger partial charge in [-0.05, 0) is 35.7 Å². The fraction of sp³-hybridized carbons (Fsp3) is 0.368. The Morgan fingerprint density at radius 3 is 2.42 bits per heavy atom. The summed E-state index contributed by atoms with van der Waals surface area (Å²) in [6.45, 7) is 2.65. The molecule has 5 nitrogen and oxygen atoms in total. The van der Waals surface area contributed by atoms with Gasteiger partial charge < -0.3 is 14.2 Å². The predicted molar refractivity (Wildman–Crippen MR) is 91.0 cm³/mol. The van der Waals surface area contributed by atoms with Crippen LogP contribution in [0.1, 0.15) is 29.8 Å². The monoisotopic (exact) mass is 329 g/mol. The van der Waals surface area contributed by atoms with Crippen molar-refractivity contribution in [1.82, 2.24) is 4.98 Å². The number of esters is 1. The van der Waals surface area contributed by atoms with Gasteiger partial charge in [0, 0.05) is 25.4 Å². The average molecular weight is 329 g/mol. The third kappa shape index (κ3) is 4.80. The van der Waals surface area contributed by atoms with E-state index in [1.807, 2.05) is 24.4 Å². The molecule has 0 saturated heterocycles. The molecule has 0 aliphatic carbocycles. The highest BCUT2D eigenvalue weighted by molar-refractivity contribution is 5.76. The van der Waals surface area contributed by atoms with E-state index in [9.17, 15) is 4.79 Å². The van der Waals surface area contributed by atoms with Crippen LogP contribution in [0.4, 0.5) is 0 Å². The lowest BCUT2D eigenvalue weighted by molar-refractivity contribution is -0.152. The summed E-state index contributed by atoms with van der Waals surface area (Å²) >= 11 is 0. The number of rotatable bonds is 8. The number of nitrogens with zero attached hydrogens (tertiary/aromatic N) is 1. The lowest BCUT2D eigenvalue weighted by atomic mass is 10.1. The Hall–Kier alpha value is -2.40. The highest BCUT2D eigenvalue weighted by Gasteiger charge is 2.20. The Morgan fingerprint density at radius 1 is 1.12 bits per heavy atom. The van der Waals surface area contributed by atoms with Crippen molar-refractivity contribution in [3.63, 3.8) is 0 Å². The van der Waals surface area contributed by atoms with Gasteiger partial charge >= 0.3 is 5.97 Å². The van der Waals surface area contributed by atoms with Crippen molar-refractivity contribution < 1.29 is 19.0 Å². The van der Waals surface area contributed by atoms with Crippen molar-refractivity contribution in [3.05, 3.63) is 59.4 Å². The van der Waals surface area contributed by atoms with Crippen molar-refractivity contribution in [3.8, 4) is 5.75 Å². The second-order valence-electron chi connectivity index (χ2n) is 5.32. The average Bonchev–Trinajstić information content (AvgIpc) is 2.64. The number of aromatic nitrogens is 1. The summed E-state index contributed by atoms with van der Waals surface area (Å²) < 4.78 is 15.6. The summed E-state index contributed by atoms with van der Waals surface area (Å²) in [5.74, 6) is 0.316. The van der Waals surface area contributed by atoms with Gasteiger partial charge in [-0.1, -0.05) is 25.1 Å². The lowest BCUT2D eigenvalue weighted by Crippen LogP contribution is -2.15. The lowest BCUT2D eigenvalue weighted by Gasteiger charge is -2.13. The molecule has 1 aromatic carbocycles.